The van der Waals surface area contributed by atoms with E-state index in [0.29, 0.717) is 5.92 Å². The van der Waals surface area contributed by atoms with Crippen LogP contribution in [0.5, 0.6) is 0 Å². The molecule has 2 aliphatic carbocycles. The van der Waals surface area contributed by atoms with E-state index in [4.69, 9.17) is 0 Å². The van der Waals surface area contributed by atoms with Crippen LogP contribution in [0.1, 0.15) is 58.6 Å². The Bertz CT molecular complexity index is 704. The van der Waals surface area contributed by atoms with Crippen molar-refractivity contribution < 1.29 is 24.7 Å². The van der Waals surface area contributed by atoms with Gasteiger partial charge >= 0.3 is 144 Å². The Morgan fingerprint density at radius 1 is 0.952 bits per heavy atom. The zero-order valence-corrected chi connectivity index (χ0v) is 16.3. The zero-order chi connectivity index (χ0) is 15.5. The van der Waals surface area contributed by atoms with Crippen molar-refractivity contribution in [1.29, 1.82) is 0 Å². The molecule has 3 rings (SSSR count). The molecule has 1 aromatic rings. The van der Waals surface area contributed by atoms with Crippen molar-refractivity contribution >= 4 is 5.57 Å². The second-order valence-electron chi connectivity index (χ2n) is 6.72. The Morgan fingerprint density at radius 3 is 2.10 bits per heavy atom. The Morgan fingerprint density at radius 2 is 1.57 bits per heavy atom. The first-order valence-corrected chi connectivity index (χ1v) is 8.96. The number of hydrogen-bond acceptors (Lipinski definition) is 0. The second kappa shape index (κ2) is 4.92. The van der Waals surface area contributed by atoms with Gasteiger partial charge in [-0.15, -0.1) is 0 Å². The summed E-state index contributed by atoms with van der Waals surface area (Å²) in [5.41, 5.74) is 10.8. The van der Waals surface area contributed by atoms with Gasteiger partial charge < -0.3 is 0 Å². The van der Waals surface area contributed by atoms with E-state index in [9.17, 15) is 0 Å². The Labute approximate surface area is 143 Å². The second-order valence-corrected chi connectivity index (χ2v) is 7.95. The molecule has 0 spiro atoms. The Hall–Kier alpha value is -0.677. The molecule has 0 amide bonds. The molecular weight excluding hydrogens is 331 g/mol. The molecule has 1 aromatic carbocycles. The van der Waals surface area contributed by atoms with Gasteiger partial charge in [-0.3, -0.25) is 0 Å². The molecule has 0 heterocycles. The molecule has 0 radical (unpaired) electrons. The van der Waals surface area contributed by atoms with Crippen LogP contribution in [0.25, 0.3) is 5.57 Å². The maximum absolute atomic E-state index is 2.45. The summed E-state index contributed by atoms with van der Waals surface area (Å²) in [6.45, 7) is 14.1. The van der Waals surface area contributed by atoms with E-state index in [1.807, 2.05) is 0 Å². The van der Waals surface area contributed by atoms with Gasteiger partial charge in [0.25, 0.3) is 0 Å². The summed E-state index contributed by atoms with van der Waals surface area (Å²) in [7, 11) is 0. The van der Waals surface area contributed by atoms with Crippen molar-refractivity contribution in [3.8, 4) is 0 Å². The van der Waals surface area contributed by atoms with Crippen LogP contribution in [0.3, 0.4) is 0 Å². The summed E-state index contributed by atoms with van der Waals surface area (Å²) < 4.78 is 1.62. The third-order valence-electron chi connectivity index (χ3n) is 5.96. The molecular formula is C20H23Zr. The van der Waals surface area contributed by atoms with E-state index in [-0.39, 0.29) is 5.41 Å². The maximum atomic E-state index is 2.45. The number of allylic oxidation sites excluding steroid dienone is 6. The fraction of sp³-hybridized carbons (Fsp3) is 0.400. The van der Waals surface area contributed by atoms with E-state index in [1.165, 1.54) is 27.8 Å². The Kier molecular flexibility index (Phi) is 3.57. The van der Waals surface area contributed by atoms with Crippen molar-refractivity contribution in [1.82, 2.24) is 0 Å². The van der Waals surface area contributed by atoms with E-state index >= 15 is 0 Å². The average Bonchev–Trinajstić information content (AvgIpc) is 2.82. The first-order valence-electron chi connectivity index (χ1n) is 7.73. The Balaban J connectivity index is 2.26. The minimum absolute atomic E-state index is 0.134. The molecule has 107 valence electrons. The summed E-state index contributed by atoms with van der Waals surface area (Å²) in [5.74, 6) is 0.523. The van der Waals surface area contributed by atoms with E-state index < -0.39 is 0 Å². The van der Waals surface area contributed by atoms with Crippen molar-refractivity contribution in [3.63, 3.8) is 0 Å². The van der Waals surface area contributed by atoms with Gasteiger partial charge in [0.05, 0.1) is 0 Å². The topological polar surface area (TPSA) is 0 Å². The van der Waals surface area contributed by atoms with Gasteiger partial charge in [0.1, 0.15) is 0 Å². The fourth-order valence-corrected chi connectivity index (χ4v) is 5.65. The normalized spacial score (nSPS) is 28.7. The molecule has 0 fully saturated rings. The molecule has 21 heavy (non-hydrogen) atoms. The van der Waals surface area contributed by atoms with Crippen LogP contribution in [0.4, 0.5) is 0 Å². The van der Waals surface area contributed by atoms with Gasteiger partial charge in [0.2, 0.25) is 0 Å². The third kappa shape index (κ3) is 1.83. The van der Waals surface area contributed by atoms with Crippen LogP contribution in [-0.4, -0.2) is 0 Å². The van der Waals surface area contributed by atoms with Crippen LogP contribution < -0.4 is 0 Å². The molecule has 0 N–H and O–H groups in total. The van der Waals surface area contributed by atoms with Gasteiger partial charge in [-0.2, -0.15) is 0 Å². The molecule has 2 unspecified atom stereocenters. The summed E-state index contributed by atoms with van der Waals surface area (Å²) >= 11 is 1.56. The molecule has 2 aliphatic rings. The number of rotatable bonds is 1. The van der Waals surface area contributed by atoms with Crippen molar-refractivity contribution in [3.05, 3.63) is 61.0 Å². The van der Waals surface area contributed by atoms with Crippen molar-refractivity contribution in [2.75, 3.05) is 0 Å². The van der Waals surface area contributed by atoms with Gasteiger partial charge in [-0.1, -0.05) is 0 Å². The number of hydrogen-bond donors (Lipinski definition) is 0. The molecule has 1 heteroatoms. The van der Waals surface area contributed by atoms with Crippen LogP contribution in [-0.2, 0) is 24.7 Å². The van der Waals surface area contributed by atoms with E-state index in [1.54, 1.807) is 39.1 Å². The monoisotopic (exact) mass is 353 g/mol. The third-order valence-corrected chi connectivity index (χ3v) is 8.11. The van der Waals surface area contributed by atoms with Crippen LogP contribution >= 0.6 is 0 Å². The average molecular weight is 355 g/mol. The summed E-state index contributed by atoms with van der Waals surface area (Å²) in [4.78, 5) is 0. The van der Waals surface area contributed by atoms with E-state index in [0.717, 1.165) is 0 Å². The molecule has 0 aliphatic heterocycles. The van der Waals surface area contributed by atoms with Gasteiger partial charge in [0, 0.05) is 0 Å². The first kappa shape index (κ1) is 15.2. The predicted octanol–water partition coefficient (Wildman–Crippen LogP) is 5.75. The van der Waals surface area contributed by atoms with Crippen LogP contribution in [0, 0.1) is 5.41 Å². The molecule has 0 nitrogen and oxygen atoms in total. The fourth-order valence-electron chi connectivity index (χ4n) is 4.39. The van der Waals surface area contributed by atoms with Crippen LogP contribution in [0.2, 0.25) is 0 Å². The summed E-state index contributed by atoms with van der Waals surface area (Å²) in [5, 5.41) is 0. The summed E-state index contributed by atoms with van der Waals surface area (Å²) in [6, 6.07) is 8.94. The van der Waals surface area contributed by atoms with Crippen molar-refractivity contribution in [2.45, 2.75) is 47.5 Å². The standard InChI is InChI=1S/C20H23.Zr/c1-12-11-20(6,16(5)13(12)2)19-14(3)17-9-7-8-10-18(17)15(19)4;/h7-10,14H,1-6H3;. The van der Waals surface area contributed by atoms with Gasteiger partial charge in [0.15, 0.2) is 0 Å². The quantitative estimate of drug-likeness (QED) is 0.602. The van der Waals surface area contributed by atoms with E-state index in [2.05, 4.69) is 65.8 Å². The molecule has 0 aromatic heterocycles. The SMILES string of the molecule is CC1=C(C)C(C)(C2=C(C)c3ccccc3C2C)[C]([Zr])=C1C. The van der Waals surface area contributed by atoms with Crippen molar-refractivity contribution in [2.24, 2.45) is 5.41 Å². The molecule has 0 saturated heterocycles. The summed E-state index contributed by atoms with van der Waals surface area (Å²) in [6.07, 6.45) is 0. The molecule has 0 saturated carbocycles. The number of benzene rings is 1. The first-order chi connectivity index (χ1) is 9.81. The number of fused-ring (bicyclic) bond motifs is 1. The molecule has 2 atom stereocenters. The van der Waals surface area contributed by atoms with Crippen LogP contribution in [0.15, 0.2) is 49.8 Å². The molecule has 0 bridgehead atoms. The van der Waals surface area contributed by atoms with Gasteiger partial charge in [-0.05, 0) is 0 Å². The van der Waals surface area contributed by atoms with Gasteiger partial charge in [-0.25, -0.2) is 0 Å². The minimum atomic E-state index is 0.134. The predicted molar refractivity (Wildman–Crippen MR) is 86.6 cm³/mol. The zero-order valence-electron chi connectivity index (χ0n) is 13.9.